The van der Waals surface area contributed by atoms with Gasteiger partial charge in [0.1, 0.15) is 5.00 Å². The first-order valence-electron chi connectivity index (χ1n) is 7.87. The first-order valence-corrected chi connectivity index (χ1v) is 8.68. The van der Waals surface area contributed by atoms with Crippen LogP contribution in [0, 0.1) is 5.92 Å². The Morgan fingerprint density at radius 3 is 2.52 bits per heavy atom. The number of amides is 2. The molecule has 0 saturated carbocycles. The van der Waals surface area contributed by atoms with Crippen LogP contribution in [0.5, 0.6) is 0 Å². The molecule has 0 fully saturated rings. The molecule has 6 nitrogen and oxygen atoms in total. The Labute approximate surface area is 139 Å². The summed E-state index contributed by atoms with van der Waals surface area (Å²) < 4.78 is 0. The number of rotatable bonds is 5. The van der Waals surface area contributed by atoms with E-state index in [0.29, 0.717) is 18.9 Å². The summed E-state index contributed by atoms with van der Waals surface area (Å²) in [6.45, 7) is 4.49. The maximum absolute atomic E-state index is 12.0. The van der Waals surface area contributed by atoms with E-state index in [-0.39, 0.29) is 10.6 Å². The number of thiophene rings is 1. The molecule has 0 aromatic carbocycles. The van der Waals surface area contributed by atoms with Crippen molar-refractivity contribution in [3.05, 3.63) is 16.0 Å². The summed E-state index contributed by atoms with van der Waals surface area (Å²) >= 11 is 1.27. The standard InChI is InChI=1S/C16H22N2O4S/c1-9(2)7-8-17-13(19)14(20)18-15-12(16(21)22)10-5-3-4-6-11(10)23-15/h9H,3-8H2,1-2H3,(H,17,19)(H,18,20)(H,21,22). The predicted molar refractivity (Wildman–Crippen MR) is 89.0 cm³/mol. The van der Waals surface area contributed by atoms with Crippen LogP contribution in [0.25, 0.3) is 0 Å². The number of hydrogen-bond donors (Lipinski definition) is 3. The molecule has 2 amide bonds. The molecule has 0 unspecified atom stereocenters. The lowest BCUT2D eigenvalue weighted by Crippen LogP contribution is -2.36. The van der Waals surface area contributed by atoms with Gasteiger partial charge in [0.15, 0.2) is 0 Å². The Hall–Kier alpha value is -1.89. The average molecular weight is 338 g/mol. The third kappa shape index (κ3) is 4.31. The van der Waals surface area contributed by atoms with Gasteiger partial charge in [-0.3, -0.25) is 9.59 Å². The van der Waals surface area contributed by atoms with Crippen molar-refractivity contribution in [1.29, 1.82) is 0 Å². The van der Waals surface area contributed by atoms with E-state index < -0.39 is 17.8 Å². The van der Waals surface area contributed by atoms with Crippen LogP contribution in [0.2, 0.25) is 0 Å². The summed E-state index contributed by atoms with van der Waals surface area (Å²) in [7, 11) is 0. The van der Waals surface area contributed by atoms with Gasteiger partial charge in [-0.25, -0.2) is 4.79 Å². The highest BCUT2D eigenvalue weighted by molar-refractivity contribution is 7.17. The zero-order chi connectivity index (χ0) is 17.0. The summed E-state index contributed by atoms with van der Waals surface area (Å²) in [6, 6.07) is 0. The molecule has 1 aliphatic rings. The van der Waals surface area contributed by atoms with E-state index in [0.717, 1.165) is 36.1 Å². The van der Waals surface area contributed by atoms with Gasteiger partial charge in [-0.1, -0.05) is 13.8 Å². The van der Waals surface area contributed by atoms with Gasteiger partial charge in [0, 0.05) is 11.4 Å². The van der Waals surface area contributed by atoms with Gasteiger partial charge in [-0.15, -0.1) is 11.3 Å². The second-order valence-corrected chi connectivity index (χ2v) is 7.22. The predicted octanol–water partition coefficient (Wildman–Crippen LogP) is 2.43. The van der Waals surface area contributed by atoms with E-state index in [2.05, 4.69) is 10.6 Å². The first-order chi connectivity index (χ1) is 10.9. The Bertz CT molecular complexity index is 622. The lowest BCUT2D eigenvalue weighted by atomic mass is 9.95. The summed E-state index contributed by atoms with van der Waals surface area (Å²) in [5, 5.41) is 14.7. The van der Waals surface area contributed by atoms with E-state index >= 15 is 0 Å². The average Bonchev–Trinajstić information content (AvgIpc) is 2.84. The van der Waals surface area contributed by atoms with E-state index in [4.69, 9.17) is 0 Å². The van der Waals surface area contributed by atoms with Crippen molar-refractivity contribution in [1.82, 2.24) is 5.32 Å². The monoisotopic (exact) mass is 338 g/mol. The fraction of sp³-hybridized carbons (Fsp3) is 0.562. The molecule has 1 aliphatic carbocycles. The van der Waals surface area contributed by atoms with Crippen molar-refractivity contribution in [3.63, 3.8) is 0 Å². The second-order valence-electron chi connectivity index (χ2n) is 6.11. The van der Waals surface area contributed by atoms with Gasteiger partial charge in [0.2, 0.25) is 0 Å². The molecule has 1 aromatic rings. The molecule has 0 atom stereocenters. The molecule has 23 heavy (non-hydrogen) atoms. The first kappa shape index (κ1) is 17.5. The third-order valence-corrected chi connectivity index (χ3v) is 5.03. The van der Waals surface area contributed by atoms with Gasteiger partial charge < -0.3 is 15.7 Å². The minimum absolute atomic E-state index is 0.146. The molecule has 0 saturated heterocycles. The van der Waals surface area contributed by atoms with Gasteiger partial charge in [0.25, 0.3) is 0 Å². The van der Waals surface area contributed by atoms with Crippen molar-refractivity contribution in [2.45, 2.75) is 46.0 Å². The van der Waals surface area contributed by atoms with E-state index in [9.17, 15) is 19.5 Å². The van der Waals surface area contributed by atoms with Crippen LogP contribution in [0.15, 0.2) is 0 Å². The van der Waals surface area contributed by atoms with Crippen molar-refractivity contribution in [2.75, 3.05) is 11.9 Å². The molecule has 2 rings (SSSR count). The molecule has 0 spiro atoms. The Morgan fingerprint density at radius 2 is 1.87 bits per heavy atom. The van der Waals surface area contributed by atoms with Crippen LogP contribution in [0.3, 0.4) is 0 Å². The topological polar surface area (TPSA) is 95.5 Å². The highest BCUT2D eigenvalue weighted by Crippen LogP contribution is 2.38. The summed E-state index contributed by atoms with van der Waals surface area (Å²) in [6.07, 6.45) is 4.30. The zero-order valence-electron chi connectivity index (χ0n) is 13.4. The van der Waals surface area contributed by atoms with Gasteiger partial charge in [0.05, 0.1) is 5.56 Å². The fourth-order valence-corrected chi connectivity index (χ4v) is 3.87. The van der Waals surface area contributed by atoms with Gasteiger partial charge in [-0.05, 0) is 43.6 Å². The van der Waals surface area contributed by atoms with Crippen LogP contribution >= 0.6 is 11.3 Å². The molecule has 1 aromatic heterocycles. The fourth-order valence-electron chi connectivity index (χ4n) is 2.59. The highest BCUT2D eigenvalue weighted by Gasteiger charge is 2.27. The van der Waals surface area contributed by atoms with Crippen LogP contribution in [-0.4, -0.2) is 29.4 Å². The molecule has 0 aliphatic heterocycles. The zero-order valence-corrected chi connectivity index (χ0v) is 14.2. The largest absolute Gasteiger partial charge is 0.478 e. The van der Waals surface area contributed by atoms with Crippen LogP contribution in [0.1, 0.15) is 53.9 Å². The lowest BCUT2D eigenvalue weighted by Gasteiger charge is -2.10. The number of fused-ring (bicyclic) bond motifs is 1. The number of hydrogen-bond acceptors (Lipinski definition) is 4. The maximum atomic E-state index is 12.0. The quantitative estimate of drug-likeness (QED) is 0.719. The molecule has 0 bridgehead atoms. The van der Waals surface area contributed by atoms with Gasteiger partial charge >= 0.3 is 17.8 Å². The maximum Gasteiger partial charge on any atom is 0.339 e. The summed E-state index contributed by atoms with van der Waals surface area (Å²) in [4.78, 5) is 36.3. The Balaban J connectivity index is 2.07. The molecule has 126 valence electrons. The number of carboxylic acid groups (broad SMARTS) is 1. The lowest BCUT2D eigenvalue weighted by molar-refractivity contribution is -0.136. The molecule has 3 N–H and O–H groups in total. The molecule has 1 heterocycles. The van der Waals surface area contributed by atoms with Crippen molar-refractivity contribution in [2.24, 2.45) is 5.92 Å². The van der Waals surface area contributed by atoms with Crippen molar-refractivity contribution < 1.29 is 19.5 Å². The smallest absolute Gasteiger partial charge is 0.339 e. The SMILES string of the molecule is CC(C)CCNC(=O)C(=O)Nc1sc2c(c1C(=O)O)CCCC2. The third-order valence-electron chi connectivity index (χ3n) is 3.83. The number of carbonyl (C=O) groups is 3. The number of aromatic carboxylic acids is 1. The molecular weight excluding hydrogens is 316 g/mol. The number of nitrogens with one attached hydrogen (secondary N) is 2. The summed E-state index contributed by atoms with van der Waals surface area (Å²) in [5.41, 5.74) is 0.956. The number of carbonyl (C=O) groups excluding carboxylic acids is 2. The van der Waals surface area contributed by atoms with E-state index in [1.165, 1.54) is 11.3 Å². The van der Waals surface area contributed by atoms with Crippen LogP contribution in [0.4, 0.5) is 5.00 Å². The molecule has 7 heteroatoms. The van der Waals surface area contributed by atoms with Crippen LogP contribution in [-0.2, 0) is 22.4 Å². The van der Waals surface area contributed by atoms with E-state index in [1.54, 1.807) is 0 Å². The molecule has 0 radical (unpaired) electrons. The van der Waals surface area contributed by atoms with Crippen molar-refractivity contribution >= 4 is 34.1 Å². The van der Waals surface area contributed by atoms with E-state index in [1.807, 2.05) is 13.8 Å². The second kappa shape index (κ2) is 7.59. The molecular formula is C16H22N2O4S. The minimum Gasteiger partial charge on any atom is -0.478 e. The number of anilines is 1. The Morgan fingerprint density at radius 1 is 1.17 bits per heavy atom. The summed E-state index contributed by atoms with van der Waals surface area (Å²) in [5.74, 6) is -2.16. The highest BCUT2D eigenvalue weighted by atomic mass is 32.1. The van der Waals surface area contributed by atoms with Crippen molar-refractivity contribution in [3.8, 4) is 0 Å². The number of aryl methyl sites for hydroxylation is 1. The normalized spacial score (nSPS) is 13.5. The van der Waals surface area contributed by atoms with Crippen LogP contribution < -0.4 is 10.6 Å². The van der Waals surface area contributed by atoms with Gasteiger partial charge in [-0.2, -0.15) is 0 Å². The minimum atomic E-state index is -1.06. The number of carboxylic acids is 1. The Kier molecular flexibility index (Phi) is 5.76.